The second-order valence-corrected chi connectivity index (χ2v) is 6.63. The molecule has 0 aliphatic carbocycles. The van der Waals surface area contributed by atoms with Gasteiger partial charge in [0.1, 0.15) is 11.6 Å². The molecular weight excluding hydrogens is 451 g/mol. The molecule has 3 rings (SSSR count). The summed E-state index contributed by atoms with van der Waals surface area (Å²) in [6, 6.07) is 13.8. The van der Waals surface area contributed by atoms with Crippen LogP contribution < -0.4 is 11.0 Å². The number of nitriles is 1. The molecule has 0 unspecified atom stereocenters. The van der Waals surface area contributed by atoms with E-state index in [1.54, 1.807) is 36.4 Å². The number of rotatable bonds is 4. The van der Waals surface area contributed by atoms with Gasteiger partial charge in [-0.25, -0.2) is 10.4 Å². The molecule has 0 amide bonds. The number of H-pyrrole nitrogens is 1. The third-order valence-electron chi connectivity index (χ3n) is 3.77. The molecule has 0 aliphatic rings. The van der Waals surface area contributed by atoms with E-state index in [1.807, 2.05) is 0 Å². The minimum Gasteiger partial charge on any atom is -0.290 e. The van der Waals surface area contributed by atoms with Gasteiger partial charge >= 0.3 is 6.18 Å². The highest BCUT2D eigenvalue weighted by Gasteiger charge is 2.32. The predicted octanol–water partition coefficient (Wildman–Crippen LogP) is 4.54. The summed E-state index contributed by atoms with van der Waals surface area (Å²) < 4.78 is 39.8. The topological polar surface area (TPSA) is 93.9 Å². The number of hydrazone groups is 1. The molecule has 0 atom stereocenters. The molecule has 146 valence electrons. The van der Waals surface area contributed by atoms with Crippen molar-refractivity contribution < 1.29 is 13.2 Å². The zero-order valence-corrected chi connectivity index (χ0v) is 16.0. The SMILES string of the molecule is N#Cc1c(-c2ccccc2)nc(NN=Cc2cc(Br)ccc2C(F)(F)F)[nH]c1=O. The number of halogens is 4. The number of alkyl halides is 3. The summed E-state index contributed by atoms with van der Waals surface area (Å²) in [5.74, 6) is -0.118. The van der Waals surface area contributed by atoms with E-state index in [9.17, 15) is 23.2 Å². The Kier molecular flexibility index (Phi) is 5.79. The van der Waals surface area contributed by atoms with Crippen LogP contribution >= 0.6 is 15.9 Å². The fourth-order valence-electron chi connectivity index (χ4n) is 2.50. The first-order chi connectivity index (χ1) is 13.8. The summed E-state index contributed by atoms with van der Waals surface area (Å²) in [4.78, 5) is 18.7. The summed E-state index contributed by atoms with van der Waals surface area (Å²) in [7, 11) is 0. The van der Waals surface area contributed by atoms with Crippen molar-refractivity contribution in [3.63, 3.8) is 0 Å². The van der Waals surface area contributed by atoms with Crippen LogP contribution in [-0.2, 0) is 6.18 Å². The molecule has 0 radical (unpaired) electrons. The normalized spacial score (nSPS) is 11.4. The van der Waals surface area contributed by atoms with E-state index in [1.165, 1.54) is 12.1 Å². The number of hydrogen-bond acceptors (Lipinski definition) is 5. The summed E-state index contributed by atoms with van der Waals surface area (Å²) in [5.41, 5.74) is 1.15. The fraction of sp³-hybridized carbons (Fsp3) is 0.0526. The van der Waals surface area contributed by atoms with E-state index in [0.717, 1.165) is 12.3 Å². The Morgan fingerprint density at radius 3 is 2.59 bits per heavy atom. The van der Waals surface area contributed by atoms with E-state index < -0.39 is 17.3 Å². The lowest BCUT2D eigenvalue weighted by Crippen LogP contribution is -2.16. The largest absolute Gasteiger partial charge is 0.417 e. The highest BCUT2D eigenvalue weighted by molar-refractivity contribution is 9.10. The van der Waals surface area contributed by atoms with Crippen LogP contribution in [0.1, 0.15) is 16.7 Å². The van der Waals surface area contributed by atoms with Gasteiger partial charge in [-0.2, -0.15) is 23.5 Å². The molecule has 0 spiro atoms. The second kappa shape index (κ2) is 8.28. The summed E-state index contributed by atoms with van der Waals surface area (Å²) >= 11 is 3.12. The van der Waals surface area contributed by atoms with Crippen LogP contribution in [0, 0.1) is 11.3 Å². The van der Waals surface area contributed by atoms with E-state index >= 15 is 0 Å². The van der Waals surface area contributed by atoms with Crippen LogP contribution in [0.15, 0.2) is 62.9 Å². The minimum absolute atomic E-state index is 0.118. The maximum Gasteiger partial charge on any atom is 0.417 e. The first-order valence-electron chi connectivity index (χ1n) is 8.05. The Hall–Kier alpha value is -3.45. The zero-order valence-electron chi connectivity index (χ0n) is 14.5. The number of hydrogen-bond donors (Lipinski definition) is 2. The lowest BCUT2D eigenvalue weighted by molar-refractivity contribution is -0.137. The summed E-state index contributed by atoms with van der Waals surface area (Å²) in [6.45, 7) is 0. The van der Waals surface area contributed by atoms with Crippen molar-refractivity contribution in [2.24, 2.45) is 5.10 Å². The van der Waals surface area contributed by atoms with Crippen molar-refractivity contribution in [2.45, 2.75) is 6.18 Å². The maximum absolute atomic E-state index is 13.1. The molecular formula is C19H11BrF3N5O. The lowest BCUT2D eigenvalue weighted by Gasteiger charge is -2.10. The van der Waals surface area contributed by atoms with Gasteiger partial charge in [-0.3, -0.25) is 9.78 Å². The van der Waals surface area contributed by atoms with Gasteiger partial charge in [0.2, 0.25) is 5.95 Å². The molecule has 1 heterocycles. The number of nitrogens with one attached hydrogen (secondary N) is 2. The van der Waals surface area contributed by atoms with Crippen molar-refractivity contribution in [3.8, 4) is 17.3 Å². The quantitative estimate of drug-likeness (QED) is 0.440. The Balaban J connectivity index is 1.95. The highest BCUT2D eigenvalue weighted by atomic mass is 79.9. The van der Waals surface area contributed by atoms with Crippen LogP contribution in [0.4, 0.5) is 19.1 Å². The van der Waals surface area contributed by atoms with Crippen molar-refractivity contribution in [1.82, 2.24) is 9.97 Å². The highest BCUT2D eigenvalue weighted by Crippen LogP contribution is 2.32. The molecule has 29 heavy (non-hydrogen) atoms. The van der Waals surface area contributed by atoms with E-state index in [4.69, 9.17) is 0 Å². The fourth-order valence-corrected chi connectivity index (χ4v) is 2.88. The van der Waals surface area contributed by atoms with Gasteiger partial charge in [-0.05, 0) is 18.2 Å². The van der Waals surface area contributed by atoms with E-state index in [2.05, 4.69) is 36.4 Å². The van der Waals surface area contributed by atoms with Crippen LogP contribution in [0.2, 0.25) is 0 Å². The van der Waals surface area contributed by atoms with E-state index in [0.29, 0.717) is 10.0 Å². The third-order valence-corrected chi connectivity index (χ3v) is 4.26. The van der Waals surface area contributed by atoms with Crippen LogP contribution in [0.25, 0.3) is 11.3 Å². The molecule has 1 aromatic heterocycles. The summed E-state index contributed by atoms with van der Waals surface area (Å²) in [5, 5.41) is 13.0. The number of nitrogens with zero attached hydrogens (tertiary/aromatic N) is 3. The first kappa shape index (κ1) is 20.3. The van der Waals surface area contributed by atoms with Crippen molar-refractivity contribution in [1.29, 1.82) is 5.26 Å². The van der Waals surface area contributed by atoms with Crippen LogP contribution in [-0.4, -0.2) is 16.2 Å². The van der Waals surface area contributed by atoms with Crippen molar-refractivity contribution in [2.75, 3.05) is 5.43 Å². The molecule has 10 heteroatoms. The average Bonchev–Trinajstić information content (AvgIpc) is 2.67. The van der Waals surface area contributed by atoms with Crippen LogP contribution in [0.5, 0.6) is 0 Å². The monoisotopic (exact) mass is 461 g/mol. The molecule has 0 saturated carbocycles. The third kappa shape index (κ3) is 4.70. The molecule has 3 aromatic rings. The molecule has 0 bridgehead atoms. The Bertz CT molecular complexity index is 1170. The van der Waals surface area contributed by atoms with Gasteiger partial charge in [0.25, 0.3) is 5.56 Å². The smallest absolute Gasteiger partial charge is 0.290 e. The maximum atomic E-state index is 13.1. The Labute approximate surface area is 170 Å². The average molecular weight is 462 g/mol. The van der Waals surface area contributed by atoms with Gasteiger partial charge in [-0.1, -0.05) is 46.3 Å². The number of aromatic nitrogens is 2. The molecule has 2 N–H and O–H groups in total. The van der Waals surface area contributed by atoms with Gasteiger partial charge < -0.3 is 0 Å². The number of aromatic amines is 1. The zero-order chi connectivity index (χ0) is 21.0. The lowest BCUT2D eigenvalue weighted by atomic mass is 10.1. The summed E-state index contributed by atoms with van der Waals surface area (Å²) in [6.07, 6.45) is -3.59. The van der Waals surface area contributed by atoms with Gasteiger partial charge in [-0.15, -0.1) is 0 Å². The molecule has 0 aliphatic heterocycles. The minimum atomic E-state index is -4.55. The second-order valence-electron chi connectivity index (χ2n) is 5.72. The standard InChI is InChI=1S/C19H11BrF3N5O/c20-13-6-7-15(19(21,22)23)12(8-13)10-25-28-18-26-16(11-4-2-1-3-5-11)14(9-24)17(29)27-18/h1-8,10H,(H2,26,27,28,29). The number of anilines is 1. The first-order valence-corrected chi connectivity index (χ1v) is 8.84. The molecule has 6 nitrogen and oxygen atoms in total. The van der Waals surface area contributed by atoms with Gasteiger partial charge in [0.15, 0.2) is 0 Å². The van der Waals surface area contributed by atoms with Crippen molar-refractivity contribution >= 4 is 28.1 Å². The molecule has 0 fully saturated rings. The van der Waals surface area contributed by atoms with E-state index in [-0.39, 0.29) is 22.8 Å². The number of benzene rings is 2. The predicted molar refractivity (Wildman–Crippen MR) is 105 cm³/mol. The van der Waals surface area contributed by atoms with Crippen LogP contribution in [0.3, 0.4) is 0 Å². The molecule has 0 saturated heterocycles. The van der Waals surface area contributed by atoms with Gasteiger partial charge in [0.05, 0.1) is 17.5 Å². The Morgan fingerprint density at radius 1 is 1.21 bits per heavy atom. The molecule has 2 aromatic carbocycles. The van der Waals surface area contributed by atoms with Gasteiger partial charge in [0, 0.05) is 15.6 Å². The van der Waals surface area contributed by atoms with Crippen molar-refractivity contribution in [3.05, 3.63) is 80.0 Å². The Morgan fingerprint density at radius 2 is 1.93 bits per heavy atom.